The van der Waals surface area contributed by atoms with Gasteiger partial charge in [0, 0.05) is 10.6 Å². The van der Waals surface area contributed by atoms with Gasteiger partial charge in [-0.3, -0.25) is 4.79 Å². The summed E-state index contributed by atoms with van der Waals surface area (Å²) in [6.45, 7) is 1.93. The molecule has 0 saturated heterocycles. The van der Waals surface area contributed by atoms with Gasteiger partial charge in [-0.2, -0.15) is 4.80 Å². The van der Waals surface area contributed by atoms with E-state index in [1.54, 1.807) is 18.2 Å². The monoisotopic (exact) mass is 361 g/mol. The average Bonchev–Trinajstić information content (AvgIpc) is 2.99. The molecular formula is C16H13Cl2N5O. The van der Waals surface area contributed by atoms with Crippen LogP contribution in [0, 0.1) is 6.92 Å². The lowest BCUT2D eigenvalue weighted by atomic mass is 10.1. The number of amides is 1. The first-order valence-electron chi connectivity index (χ1n) is 7.11. The number of aryl methyl sites for hydroxylation is 1. The van der Waals surface area contributed by atoms with Gasteiger partial charge in [0.15, 0.2) is 0 Å². The Morgan fingerprint density at radius 1 is 1.17 bits per heavy atom. The summed E-state index contributed by atoms with van der Waals surface area (Å²) in [5.74, 6) is 0.152. The van der Waals surface area contributed by atoms with Crippen LogP contribution in [0.4, 0.5) is 5.69 Å². The normalized spacial score (nSPS) is 10.6. The number of tetrazole rings is 1. The minimum atomic E-state index is -0.313. The van der Waals surface area contributed by atoms with E-state index in [4.69, 9.17) is 23.2 Å². The largest absolute Gasteiger partial charge is 0.323 e. The first kappa shape index (κ1) is 16.4. The molecule has 8 heteroatoms. The zero-order valence-corrected chi connectivity index (χ0v) is 14.2. The number of halogens is 2. The van der Waals surface area contributed by atoms with Crippen molar-refractivity contribution in [3.8, 4) is 11.4 Å². The molecule has 0 unspecified atom stereocenters. The second-order valence-corrected chi connectivity index (χ2v) is 6.03. The van der Waals surface area contributed by atoms with E-state index in [-0.39, 0.29) is 12.5 Å². The van der Waals surface area contributed by atoms with Crippen LogP contribution in [0.25, 0.3) is 11.4 Å². The molecule has 3 rings (SSSR count). The molecule has 0 aliphatic carbocycles. The van der Waals surface area contributed by atoms with E-state index in [1.807, 2.05) is 31.2 Å². The Labute approximate surface area is 148 Å². The number of benzene rings is 2. The van der Waals surface area contributed by atoms with Crippen molar-refractivity contribution in [2.45, 2.75) is 13.5 Å². The second kappa shape index (κ2) is 6.98. The van der Waals surface area contributed by atoms with Crippen molar-refractivity contribution >= 4 is 34.8 Å². The maximum atomic E-state index is 12.1. The summed E-state index contributed by atoms with van der Waals surface area (Å²) in [7, 11) is 0. The zero-order valence-electron chi connectivity index (χ0n) is 12.7. The van der Waals surface area contributed by atoms with Crippen molar-refractivity contribution in [3.05, 3.63) is 58.1 Å². The van der Waals surface area contributed by atoms with Crippen LogP contribution in [0.2, 0.25) is 10.0 Å². The van der Waals surface area contributed by atoms with E-state index in [2.05, 4.69) is 20.7 Å². The van der Waals surface area contributed by atoms with Gasteiger partial charge < -0.3 is 5.32 Å². The van der Waals surface area contributed by atoms with Gasteiger partial charge >= 0.3 is 0 Å². The third-order valence-corrected chi connectivity index (χ3v) is 3.80. The molecule has 0 bridgehead atoms. The van der Waals surface area contributed by atoms with Crippen molar-refractivity contribution in [1.29, 1.82) is 0 Å². The highest BCUT2D eigenvalue weighted by Gasteiger charge is 2.11. The Hall–Kier alpha value is -2.44. The Morgan fingerprint density at radius 3 is 2.62 bits per heavy atom. The minimum absolute atomic E-state index is 0.0716. The third kappa shape index (κ3) is 3.90. The van der Waals surface area contributed by atoms with Crippen LogP contribution < -0.4 is 5.32 Å². The Bertz CT molecular complexity index is 876. The van der Waals surface area contributed by atoms with E-state index in [1.165, 1.54) is 4.80 Å². The van der Waals surface area contributed by atoms with E-state index in [9.17, 15) is 4.79 Å². The first-order chi connectivity index (χ1) is 11.5. The molecule has 2 aromatic carbocycles. The lowest BCUT2D eigenvalue weighted by Gasteiger charge is -2.06. The fraction of sp³-hybridized carbons (Fsp3) is 0.125. The van der Waals surface area contributed by atoms with Crippen LogP contribution in [0.1, 0.15) is 5.56 Å². The second-order valence-electron chi connectivity index (χ2n) is 5.18. The maximum Gasteiger partial charge on any atom is 0.248 e. The van der Waals surface area contributed by atoms with E-state index < -0.39 is 0 Å². The molecule has 1 aromatic heterocycles. The van der Waals surface area contributed by atoms with Crippen LogP contribution in [0.5, 0.6) is 0 Å². The van der Waals surface area contributed by atoms with Gasteiger partial charge in [-0.25, -0.2) is 0 Å². The highest BCUT2D eigenvalue weighted by molar-refractivity contribution is 6.36. The van der Waals surface area contributed by atoms with Crippen LogP contribution >= 0.6 is 23.2 Å². The molecule has 122 valence electrons. The molecule has 0 fully saturated rings. The fourth-order valence-electron chi connectivity index (χ4n) is 2.04. The molecule has 1 amide bonds. The van der Waals surface area contributed by atoms with Crippen LogP contribution in [0.3, 0.4) is 0 Å². The number of nitrogens with one attached hydrogen (secondary N) is 1. The lowest BCUT2D eigenvalue weighted by molar-refractivity contribution is -0.117. The van der Waals surface area contributed by atoms with Crippen molar-refractivity contribution in [2.24, 2.45) is 0 Å². The van der Waals surface area contributed by atoms with Gasteiger partial charge in [0.1, 0.15) is 6.54 Å². The van der Waals surface area contributed by atoms with Crippen LogP contribution in [-0.2, 0) is 11.3 Å². The van der Waals surface area contributed by atoms with Gasteiger partial charge in [-0.15, -0.1) is 10.2 Å². The van der Waals surface area contributed by atoms with Crippen molar-refractivity contribution in [3.63, 3.8) is 0 Å². The van der Waals surface area contributed by atoms with Crippen LogP contribution in [0.15, 0.2) is 42.5 Å². The molecule has 24 heavy (non-hydrogen) atoms. The van der Waals surface area contributed by atoms with Crippen molar-refractivity contribution in [1.82, 2.24) is 20.2 Å². The molecule has 0 saturated carbocycles. The van der Waals surface area contributed by atoms with Gasteiger partial charge in [0.2, 0.25) is 11.7 Å². The summed E-state index contributed by atoms with van der Waals surface area (Å²) < 4.78 is 0. The molecule has 0 aliphatic heterocycles. The molecule has 0 spiro atoms. The molecule has 0 atom stereocenters. The predicted molar refractivity (Wildman–Crippen MR) is 93.1 cm³/mol. The number of carbonyl (C=O) groups excluding carboxylic acids is 1. The standard InChI is InChI=1S/C16H13Cl2N5O/c1-10-2-4-11(5-3-10)16-20-22-23(21-16)9-15(24)19-14-7-6-12(17)8-13(14)18/h2-8H,9H2,1H3,(H,19,24). The number of carbonyl (C=O) groups is 1. The van der Waals surface area contributed by atoms with Gasteiger partial charge in [-0.05, 0) is 30.3 Å². The highest BCUT2D eigenvalue weighted by Crippen LogP contribution is 2.25. The fourth-order valence-corrected chi connectivity index (χ4v) is 2.49. The molecule has 3 aromatic rings. The topological polar surface area (TPSA) is 72.7 Å². The molecule has 6 nitrogen and oxygen atoms in total. The molecule has 0 aliphatic rings. The summed E-state index contributed by atoms with van der Waals surface area (Å²) in [6.07, 6.45) is 0. The number of hydrogen-bond donors (Lipinski definition) is 1. The zero-order chi connectivity index (χ0) is 17.1. The Balaban J connectivity index is 1.68. The number of aromatic nitrogens is 4. The average molecular weight is 362 g/mol. The third-order valence-electron chi connectivity index (χ3n) is 3.25. The minimum Gasteiger partial charge on any atom is -0.323 e. The van der Waals surface area contributed by atoms with Gasteiger partial charge in [0.05, 0.1) is 10.7 Å². The van der Waals surface area contributed by atoms with Crippen molar-refractivity contribution < 1.29 is 4.79 Å². The SMILES string of the molecule is Cc1ccc(-c2nnn(CC(=O)Nc3ccc(Cl)cc3Cl)n2)cc1. The molecular weight excluding hydrogens is 349 g/mol. The van der Waals surface area contributed by atoms with Crippen molar-refractivity contribution in [2.75, 3.05) is 5.32 Å². The summed E-state index contributed by atoms with van der Waals surface area (Å²) in [5, 5.41) is 15.6. The quantitative estimate of drug-likeness (QED) is 0.770. The van der Waals surface area contributed by atoms with Crippen LogP contribution in [-0.4, -0.2) is 26.1 Å². The Kier molecular flexibility index (Phi) is 4.78. The molecule has 0 radical (unpaired) electrons. The number of hydrogen-bond acceptors (Lipinski definition) is 4. The highest BCUT2D eigenvalue weighted by atomic mass is 35.5. The summed E-state index contributed by atoms with van der Waals surface area (Å²) in [6, 6.07) is 12.6. The molecule has 1 N–H and O–H groups in total. The molecule has 1 heterocycles. The predicted octanol–water partition coefficient (Wildman–Crippen LogP) is 3.59. The smallest absolute Gasteiger partial charge is 0.248 e. The first-order valence-corrected chi connectivity index (χ1v) is 7.86. The summed E-state index contributed by atoms with van der Waals surface area (Å²) in [5.41, 5.74) is 2.46. The van der Waals surface area contributed by atoms with Gasteiger partial charge in [0.25, 0.3) is 0 Å². The number of nitrogens with zero attached hydrogens (tertiary/aromatic N) is 4. The summed E-state index contributed by atoms with van der Waals surface area (Å²) in [4.78, 5) is 13.3. The van der Waals surface area contributed by atoms with Gasteiger partial charge in [-0.1, -0.05) is 53.0 Å². The van der Waals surface area contributed by atoms with E-state index in [0.717, 1.165) is 11.1 Å². The Morgan fingerprint density at radius 2 is 1.92 bits per heavy atom. The number of anilines is 1. The lowest BCUT2D eigenvalue weighted by Crippen LogP contribution is -2.20. The van der Waals surface area contributed by atoms with E-state index >= 15 is 0 Å². The summed E-state index contributed by atoms with van der Waals surface area (Å²) >= 11 is 11.8. The van der Waals surface area contributed by atoms with E-state index in [0.29, 0.717) is 21.6 Å². The number of rotatable bonds is 4. The maximum absolute atomic E-state index is 12.1.